The van der Waals surface area contributed by atoms with Crippen LogP contribution in [0.3, 0.4) is 0 Å². The van der Waals surface area contributed by atoms with E-state index in [1.165, 1.54) is 12.1 Å². The number of ether oxygens (including phenoxy) is 1. The van der Waals surface area contributed by atoms with E-state index >= 15 is 0 Å². The normalized spacial score (nSPS) is 15.0. The summed E-state index contributed by atoms with van der Waals surface area (Å²) < 4.78 is 18.4. The van der Waals surface area contributed by atoms with Crippen molar-refractivity contribution in [2.45, 2.75) is 0 Å². The van der Waals surface area contributed by atoms with E-state index in [1.54, 1.807) is 12.1 Å². The molecule has 0 saturated carbocycles. The number of aromatic nitrogens is 2. The number of fused-ring (bicyclic) bond motifs is 1. The predicted molar refractivity (Wildman–Crippen MR) is 90.8 cm³/mol. The third-order valence-corrected chi connectivity index (χ3v) is 4.18. The molecule has 0 unspecified atom stereocenters. The van der Waals surface area contributed by atoms with E-state index in [2.05, 4.69) is 14.9 Å². The SMILES string of the molecule is O=c1[nH]c(-c2ccc(F)cc2)nc2ccc(N3CCOCC3)cc12. The number of morpholine rings is 1. The Morgan fingerprint density at radius 3 is 2.58 bits per heavy atom. The molecule has 0 aliphatic carbocycles. The van der Waals surface area contributed by atoms with Gasteiger partial charge in [0.2, 0.25) is 0 Å². The second kappa shape index (κ2) is 6.05. The largest absolute Gasteiger partial charge is 0.378 e. The minimum Gasteiger partial charge on any atom is -0.378 e. The van der Waals surface area contributed by atoms with Gasteiger partial charge in [-0.05, 0) is 42.5 Å². The van der Waals surface area contributed by atoms with Crippen LogP contribution in [0.25, 0.3) is 22.3 Å². The summed E-state index contributed by atoms with van der Waals surface area (Å²) in [6, 6.07) is 11.6. The fourth-order valence-electron chi connectivity index (χ4n) is 2.89. The summed E-state index contributed by atoms with van der Waals surface area (Å²) in [5, 5.41) is 0.546. The highest BCUT2D eigenvalue weighted by atomic mass is 19.1. The molecule has 4 rings (SSSR count). The molecule has 0 bridgehead atoms. The first kappa shape index (κ1) is 14.8. The van der Waals surface area contributed by atoms with Crippen LogP contribution < -0.4 is 10.5 Å². The van der Waals surface area contributed by atoms with E-state index in [1.807, 2.05) is 18.2 Å². The average molecular weight is 325 g/mol. The Bertz CT molecular complexity index is 931. The first-order valence-electron chi connectivity index (χ1n) is 7.83. The molecule has 1 fully saturated rings. The summed E-state index contributed by atoms with van der Waals surface area (Å²) in [7, 11) is 0. The van der Waals surface area contributed by atoms with Crippen LogP contribution >= 0.6 is 0 Å². The van der Waals surface area contributed by atoms with Gasteiger partial charge in [-0.15, -0.1) is 0 Å². The summed E-state index contributed by atoms with van der Waals surface area (Å²) >= 11 is 0. The number of nitrogens with zero attached hydrogens (tertiary/aromatic N) is 2. The number of hydrogen-bond donors (Lipinski definition) is 1. The minimum absolute atomic E-state index is 0.200. The van der Waals surface area contributed by atoms with E-state index in [0.717, 1.165) is 18.8 Å². The van der Waals surface area contributed by atoms with Gasteiger partial charge in [-0.3, -0.25) is 4.79 Å². The third-order valence-electron chi connectivity index (χ3n) is 4.18. The Morgan fingerprint density at radius 2 is 1.83 bits per heavy atom. The molecule has 2 heterocycles. The third kappa shape index (κ3) is 2.76. The first-order valence-corrected chi connectivity index (χ1v) is 7.83. The lowest BCUT2D eigenvalue weighted by Gasteiger charge is -2.28. The summed E-state index contributed by atoms with van der Waals surface area (Å²) in [6.07, 6.45) is 0. The van der Waals surface area contributed by atoms with Crippen molar-refractivity contribution in [1.82, 2.24) is 9.97 Å². The van der Waals surface area contributed by atoms with Crippen molar-refractivity contribution in [3.63, 3.8) is 0 Å². The van der Waals surface area contributed by atoms with Gasteiger partial charge in [0, 0.05) is 24.3 Å². The summed E-state index contributed by atoms with van der Waals surface area (Å²) in [4.78, 5) is 21.9. The van der Waals surface area contributed by atoms with Crippen LogP contribution in [-0.2, 0) is 4.74 Å². The number of nitrogens with one attached hydrogen (secondary N) is 1. The van der Waals surface area contributed by atoms with Gasteiger partial charge in [-0.25, -0.2) is 9.37 Å². The van der Waals surface area contributed by atoms with Crippen molar-refractivity contribution in [3.8, 4) is 11.4 Å². The highest BCUT2D eigenvalue weighted by Crippen LogP contribution is 2.22. The lowest BCUT2D eigenvalue weighted by Crippen LogP contribution is -2.36. The van der Waals surface area contributed by atoms with Gasteiger partial charge in [0.25, 0.3) is 5.56 Å². The quantitative estimate of drug-likeness (QED) is 0.787. The van der Waals surface area contributed by atoms with Crippen LogP contribution in [0.1, 0.15) is 0 Å². The molecule has 1 aliphatic heterocycles. The number of hydrogen-bond acceptors (Lipinski definition) is 4. The smallest absolute Gasteiger partial charge is 0.259 e. The minimum atomic E-state index is -0.322. The zero-order valence-electron chi connectivity index (χ0n) is 13.0. The highest BCUT2D eigenvalue weighted by Gasteiger charge is 2.13. The van der Waals surface area contributed by atoms with Crippen molar-refractivity contribution in [2.75, 3.05) is 31.2 Å². The topological polar surface area (TPSA) is 58.2 Å². The molecular formula is C18H16FN3O2. The molecule has 1 aromatic heterocycles. The maximum absolute atomic E-state index is 13.0. The molecule has 122 valence electrons. The number of rotatable bonds is 2. The van der Waals surface area contributed by atoms with Crippen LogP contribution in [0, 0.1) is 5.82 Å². The van der Waals surface area contributed by atoms with Crippen LogP contribution in [0.5, 0.6) is 0 Å². The first-order chi connectivity index (χ1) is 11.7. The molecule has 24 heavy (non-hydrogen) atoms. The zero-order valence-corrected chi connectivity index (χ0v) is 13.0. The van der Waals surface area contributed by atoms with Crippen molar-refractivity contribution in [1.29, 1.82) is 0 Å². The number of benzene rings is 2. The fourth-order valence-corrected chi connectivity index (χ4v) is 2.89. The van der Waals surface area contributed by atoms with Crippen LogP contribution in [0.2, 0.25) is 0 Å². The standard InChI is InChI=1S/C18H16FN3O2/c19-13-3-1-12(2-4-13)17-20-16-6-5-14(11-15(16)18(23)21-17)22-7-9-24-10-8-22/h1-6,11H,7-10H2,(H,20,21,23). The van der Waals surface area contributed by atoms with E-state index in [0.29, 0.717) is 35.5 Å². The number of halogens is 1. The molecule has 1 N–H and O–H groups in total. The Hall–Kier alpha value is -2.73. The van der Waals surface area contributed by atoms with Gasteiger partial charge in [-0.1, -0.05) is 0 Å². The van der Waals surface area contributed by atoms with Crippen LogP contribution in [0.4, 0.5) is 10.1 Å². The van der Waals surface area contributed by atoms with Crippen LogP contribution in [-0.4, -0.2) is 36.3 Å². The monoisotopic (exact) mass is 325 g/mol. The van der Waals surface area contributed by atoms with Crippen molar-refractivity contribution >= 4 is 16.6 Å². The summed E-state index contributed by atoms with van der Waals surface area (Å²) in [5.74, 6) is 0.115. The van der Waals surface area contributed by atoms with E-state index < -0.39 is 0 Å². The van der Waals surface area contributed by atoms with E-state index in [-0.39, 0.29) is 11.4 Å². The lowest BCUT2D eigenvalue weighted by atomic mass is 10.1. The second-order valence-electron chi connectivity index (χ2n) is 5.72. The molecule has 0 radical (unpaired) electrons. The van der Waals surface area contributed by atoms with Crippen molar-refractivity contribution in [2.24, 2.45) is 0 Å². The molecule has 0 atom stereocenters. The van der Waals surface area contributed by atoms with Gasteiger partial charge in [0.05, 0.1) is 24.1 Å². The predicted octanol–water partition coefficient (Wildman–Crippen LogP) is 2.57. The molecule has 1 aliphatic rings. The Labute approximate surface area is 137 Å². The van der Waals surface area contributed by atoms with Crippen molar-refractivity contribution < 1.29 is 9.13 Å². The van der Waals surface area contributed by atoms with Crippen molar-refractivity contribution in [3.05, 3.63) is 58.6 Å². The van der Waals surface area contributed by atoms with E-state index in [4.69, 9.17) is 4.74 Å². The van der Waals surface area contributed by atoms with Gasteiger partial charge in [-0.2, -0.15) is 0 Å². The summed E-state index contributed by atoms with van der Waals surface area (Å²) in [6.45, 7) is 3.00. The maximum Gasteiger partial charge on any atom is 0.259 e. The second-order valence-corrected chi connectivity index (χ2v) is 5.72. The zero-order chi connectivity index (χ0) is 16.5. The molecule has 6 heteroatoms. The highest BCUT2D eigenvalue weighted by molar-refractivity contribution is 5.83. The summed E-state index contributed by atoms with van der Waals surface area (Å²) in [5.41, 5.74) is 2.09. The van der Waals surface area contributed by atoms with E-state index in [9.17, 15) is 9.18 Å². The average Bonchev–Trinajstić information content (AvgIpc) is 2.63. The van der Waals surface area contributed by atoms with Gasteiger partial charge in [0.1, 0.15) is 11.6 Å². The molecule has 0 spiro atoms. The van der Waals surface area contributed by atoms with Gasteiger partial charge in [0.15, 0.2) is 0 Å². The maximum atomic E-state index is 13.0. The lowest BCUT2D eigenvalue weighted by molar-refractivity contribution is 0.122. The Kier molecular flexibility index (Phi) is 3.74. The number of aromatic amines is 1. The Balaban J connectivity index is 1.76. The Morgan fingerprint density at radius 1 is 1.08 bits per heavy atom. The van der Waals surface area contributed by atoms with Crippen LogP contribution in [0.15, 0.2) is 47.3 Å². The molecule has 3 aromatic rings. The molecule has 1 saturated heterocycles. The fraction of sp³-hybridized carbons (Fsp3) is 0.222. The van der Waals surface area contributed by atoms with Gasteiger partial charge < -0.3 is 14.6 Å². The number of anilines is 1. The number of H-pyrrole nitrogens is 1. The molecular weight excluding hydrogens is 309 g/mol. The molecule has 0 amide bonds. The molecule has 2 aromatic carbocycles. The van der Waals surface area contributed by atoms with Gasteiger partial charge >= 0.3 is 0 Å². The molecule has 5 nitrogen and oxygen atoms in total.